The first kappa shape index (κ1) is 20.2. The molecule has 0 fully saturated rings. The van der Waals surface area contributed by atoms with Crippen LogP contribution in [0.5, 0.6) is 0 Å². The Morgan fingerprint density at radius 1 is 1.21 bits per heavy atom. The molecule has 8 heteroatoms. The molecule has 3 N–H and O–H groups in total. The number of amides is 1. The fourth-order valence-corrected chi connectivity index (χ4v) is 2.74. The topological polar surface area (TPSA) is 96.5 Å². The van der Waals surface area contributed by atoms with Crippen LogP contribution in [0.15, 0.2) is 70.5 Å². The van der Waals surface area contributed by atoms with Crippen molar-refractivity contribution in [1.82, 2.24) is 20.4 Å². The monoisotopic (exact) mass is 394 g/mol. The van der Waals surface area contributed by atoms with Crippen molar-refractivity contribution >= 4 is 17.6 Å². The molecule has 0 spiro atoms. The van der Waals surface area contributed by atoms with Gasteiger partial charge in [-0.1, -0.05) is 12.1 Å². The Kier molecular flexibility index (Phi) is 7.45. The van der Waals surface area contributed by atoms with Crippen molar-refractivity contribution in [3.05, 3.63) is 72.4 Å². The highest BCUT2D eigenvalue weighted by Crippen LogP contribution is 2.13. The number of nitrogens with zero attached hydrogens (tertiary/aromatic N) is 3. The highest BCUT2D eigenvalue weighted by Gasteiger charge is 2.08. The molecule has 2 aromatic heterocycles. The third kappa shape index (κ3) is 6.53. The molecule has 0 radical (unpaired) electrons. The average molecular weight is 394 g/mol. The quantitative estimate of drug-likeness (QED) is 0.295. The molecule has 3 rings (SSSR count). The van der Waals surface area contributed by atoms with Crippen LogP contribution in [-0.2, 0) is 13.1 Å². The summed E-state index contributed by atoms with van der Waals surface area (Å²) in [4.78, 5) is 16.7. The number of hydrogen-bond donors (Lipinski definition) is 3. The standard InChI is InChI=1S/C21H26N6O2/c1-2-22-21(23-10-5-12-27-13-6-11-25-27)24-16-17-7-3-8-18(15-17)26-20(28)19-9-4-14-29-19/h3-4,6-9,11,13-15H,2,5,10,12,16H2,1H3,(H,26,28)(H2,22,23,24). The van der Waals surface area contributed by atoms with E-state index in [-0.39, 0.29) is 11.7 Å². The Hall–Kier alpha value is -3.55. The molecule has 8 nitrogen and oxygen atoms in total. The first-order valence-electron chi connectivity index (χ1n) is 9.68. The first-order chi connectivity index (χ1) is 14.2. The average Bonchev–Trinajstić information content (AvgIpc) is 3.44. The lowest BCUT2D eigenvalue weighted by Crippen LogP contribution is -2.38. The number of aromatic nitrogens is 2. The van der Waals surface area contributed by atoms with E-state index in [0.29, 0.717) is 12.2 Å². The van der Waals surface area contributed by atoms with E-state index >= 15 is 0 Å². The molecule has 3 aromatic rings. The van der Waals surface area contributed by atoms with Crippen LogP contribution in [0.3, 0.4) is 0 Å². The van der Waals surface area contributed by atoms with Crippen molar-refractivity contribution in [2.45, 2.75) is 26.4 Å². The number of carbonyl (C=O) groups excluding carboxylic acids is 1. The van der Waals surface area contributed by atoms with Gasteiger partial charge in [0.1, 0.15) is 0 Å². The highest BCUT2D eigenvalue weighted by atomic mass is 16.3. The van der Waals surface area contributed by atoms with Crippen LogP contribution in [-0.4, -0.2) is 34.7 Å². The molecule has 1 amide bonds. The number of aryl methyl sites for hydroxylation is 1. The molecule has 0 aliphatic heterocycles. The number of furan rings is 1. The van der Waals surface area contributed by atoms with Crippen LogP contribution >= 0.6 is 0 Å². The van der Waals surface area contributed by atoms with Gasteiger partial charge in [-0.2, -0.15) is 5.10 Å². The number of nitrogens with one attached hydrogen (secondary N) is 3. The van der Waals surface area contributed by atoms with Gasteiger partial charge in [-0.25, -0.2) is 4.99 Å². The number of guanidine groups is 1. The molecule has 2 heterocycles. The zero-order valence-corrected chi connectivity index (χ0v) is 16.5. The van der Waals surface area contributed by atoms with E-state index in [2.05, 4.69) is 26.0 Å². The van der Waals surface area contributed by atoms with Gasteiger partial charge in [-0.15, -0.1) is 0 Å². The molecule has 152 valence electrons. The van der Waals surface area contributed by atoms with Gasteiger partial charge in [0.25, 0.3) is 5.91 Å². The van der Waals surface area contributed by atoms with Gasteiger partial charge in [0.05, 0.1) is 12.8 Å². The zero-order chi connectivity index (χ0) is 20.3. The molecular formula is C21H26N6O2. The van der Waals surface area contributed by atoms with E-state index in [4.69, 9.17) is 4.42 Å². The summed E-state index contributed by atoms with van der Waals surface area (Å²) in [6, 6.07) is 12.9. The van der Waals surface area contributed by atoms with Crippen molar-refractivity contribution in [2.24, 2.45) is 4.99 Å². The van der Waals surface area contributed by atoms with Crippen LogP contribution in [0.1, 0.15) is 29.5 Å². The summed E-state index contributed by atoms with van der Waals surface area (Å²) in [5.41, 5.74) is 1.70. The van der Waals surface area contributed by atoms with E-state index < -0.39 is 0 Å². The second-order valence-corrected chi connectivity index (χ2v) is 6.38. The van der Waals surface area contributed by atoms with Crippen molar-refractivity contribution in [1.29, 1.82) is 0 Å². The van der Waals surface area contributed by atoms with Gasteiger partial charge < -0.3 is 20.4 Å². The summed E-state index contributed by atoms with van der Waals surface area (Å²) < 4.78 is 7.03. The molecule has 0 saturated heterocycles. The third-order valence-electron chi connectivity index (χ3n) is 4.11. The Balaban J connectivity index is 1.52. The smallest absolute Gasteiger partial charge is 0.291 e. The maximum atomic E-state index is 12.1. The summed E-state index contributed by atoms with van der Waals surface area (Å²) >= 11 is 0. The van der Waals surface area contributed by atoms with E-state index in [1.165, 1.54) is 6.26 Å². The van der Waals surface area contributed by atoms with Gasteiger partial charge in [0, 0.05) is 37.7 Å². The zero-order valence-electron chi connectivity index (χ0n) is 16.5. The molecule has 0 unspecified atom stereocenters. The molecular weight excluding hydrogens is 368 g/mol. The fraction of sp³-hybridized carbons (Fsp3) is 0.286. The maximum Gasteiger partial charge on any atom is 0.291 e. The van der Waals surface area contributed by atoms with Gasteiger partial charge in [0.15, 0.2) is 11.7 Å². The second kappa shape index (κ2) is 10.7. The van der Waals surface area contributed by atoms with Crippen molar-refractivity contribution < 1.29 is 9.21 Å². The van der Waals surface area contributed by atoms with Crippen molar-refractivity contribution in [2.75, 3.05) is 18.4 Å². The second-order valence-electron chi connectivity index (χ2n) is 6.38. The molecule has 0 aliphatic carbocycles. The molecule has 0 bridgehead atoms. The lowest BCUT2D eigenvalue weighted by atomic mass is 10.2. The van der Waals surface area contributed by atoms with Crippen LogP contribution in [0.25, 0.3) is 0 Å². The predicted molar refractivity (Wildman–Crippen MR) is 113 cm³/mol. The minimum absolute atomic E-state index is 0.275. The summed E-state index contributed by atoms with van der Waals surface area (Å²) in [7, 11) is 0. The summed E-state index contributed by atoms with van der Waals surface area (Å²) in [5.74, 6) is 0.767. The molecule has 0 saturated carbocycles. The molecule has 0 aliphatic rings. The van der Waals surface area contributed by atoms with Crippen LogP contribution in [0.4, 0.5) is 5.69 Å². The van der Waals surface area contributed by atoms with E-state index in [9.17, 15) is 4.79 Å². The summed E-state index contributed by atoms with van der Waals surface area (Å²) in [6.45, 7) is 4.97. The Labute approximate surface area is 170 Å². The number of aliphatic imine (C=N–C) groups is 1. The Bertz CT molecular complexity index is 903. The lowest BCUT2D eigenvalue weighted by molar-refractivity contribution is 0.0996. The number of hydrogen-bond acceptors (Lipinski definition) is 4. The molecule has 0 atom stereocenters. The van der Waals surface area contributed by atoms with Gasteiger partial charge in [-0.05, 0) is 49.2 Å². The molecule has 29 heavy (non-hydrogen) atoms. The minimum atomic E-state index is -0.275. The Morgan fingerprint density at radius 2 is 2.14 bits per heavy atom. The van der Waals surface area contributed by atoms with E-state index in [1.807, 2.05) is 48.1 Å². The van der Waals surface area contributed by atoms with Crippen LogP contribution in [0, 0.1) is 0 Å². The maximum absolute atomic E-state index is 12.1. The number of anilines is 1. The van der Waals surface area contributed by atoms with Gasteiger partial charge in [0.2, 0.25) is 0 Å². The largest absolute Gasteiger partial charge is 0.459 e. The van der Waals surface area contributed by atoms with Gasteiger partial charge in [-0.3, -0.25) is 9.48 Å². The van der Waals surface area contributed by atoms with E-state index in [1.54, 1.807) is 18.3 Å². The van der Waals surface area contributed by atoms with Crippen LogP contribution in [0.2, 0.25) is 0 Å². The molecule has 1 aromatic carbocycles. The first-order valence-corrected chi connectivity index (χ1v) is 9.68. The lowest BCUT2D eigenvalue weighted by Gasteiger charge is -2.11. The normalized spacial score (nSPS) is 11.3. The minimum Gasteiger partial charge on any atom is -0.459 e. The Morgan fingerprint density at radius 3 is 2.90 bits per heavy atom. The SMILES string of the molecule is CCNC(=NCc1cccc(NC(=O)c2ccco2)c1)NCCCn1cccn1. The fourth-order valence-electron chi connectivity index (χ4n) is 2.74. The van der Waals surface area contributed by atoms with Crippen LogP contribution < -0.4 is 16.0 Å². The predicted octanol–water partition coefficient (Wildman–Crippen LogP) is 2.87. The van der Waals surface area contributed by atoms with Crippen molar-refractivity contribution in [3.8, 4) is 0 Å². The van der Waals surface area contributed by atoms with E-state index in [0.717, 1.165) is 37.6 Å². The summed E-state index contributed by atoms with van der Waals surface area (Å²) in [6.07, 6.45) is 6.16. The number of benzene rings is 1. The van der Waals surface area contributed by atoms with Crippen molar-refractivity contribution in [3.63, 3.8) is 0 Å². The number of rotatable bonds is 9. The van der Waals surface area contributed by atoms with Gasteiger partial charge >= 0.3 is 0 Å². The number of carbonyl (C=O) groups is 1. The summed E-state index contributed by atoms with van der Waals surface area (Å²) in [5, 5.41) is 13.6. The highest BCUT2D eigenvalue weighted by molar-refractivity contribution is 6.02. The third-order valence-corrected chi connectivity index (χ3v) is 4.11.